The Bertz CT molecular complexity index is 321. The summed E-state index contributed by atoms with van der Waals surface area (Å²) < 4.78 is 6.16. The van der Waals surface area contributed by atoms with Gasteiger partial charge in [0, 0.05) is 18.2 Å². The van der Waals surface area contributed by atoms with Gasteiger partial charge in [-0.05, 0) is 71.5 Å². The SMILES string of the molecule is CCNC(C1CCOC2(CCC2)C1)C(CC)(CC)N(C)C. The van der Waals surface area contributed by atoms with E-state index in [0.717, 1.165) is 19.1 Å². The van der Waals surface area contributed by atoms with E-state index in [1.54, 1.807) is 0 Å². The van der Waals surface area contributed by atoms with Gasteiger partial charge in [-0.25, -0.2) is 0 Å². The molecule has 0 bridgehead atoms. The Hall–Kier alpha value is -0.120. The second-order valence-corrected chi connectivity index (χ2v) is 7.38. The molecule has 1 saturated heterocycles. The number of likely N-dealkylation sites (N-methyl/N-ethyl adjacent to an activating group) is 2. The van der Waals surface area contributed by atoms with Crippen LogP contribution in [0.5, 0.6) is 0 Å². The molecule has 2 atom stereocenters. The van der Waals surface area contributed by atoms with Gasteiger partial charge >= 0.3 is 0 Å². The first-order valence-electron chi connectivity index (χ1n) is 9.08. The Morgan fingerprint density at radius 3 is 2.33 bits per heavy atom. The van der Waals surface area contributed by atoms with Crippen LogP contribution in [0.4, 0.5) is 0 Å². The molecule has 3 heteroatoms. The average molecular weight is 296 g/mol. The van der Waals surface area contributed by atoms with Crippen molar-refractivity contribution in [3.63, 3.8) is 0 Å². The Morgan fingerprint density at radius 1 is 1.24 bits per heavy atom. The van der Waals surface area contributed by atoms with Gasteiger partial charge in [-0.3, -0.25) is 0 Å². The summed E-state index contributed by atoms with van der Waals surface area (Å²) >= 11 is 0. The van der Waals surface area contributed by atoms with Crippen LogP contribution in [0.3, 0.4) is 0 Å². The number of nitrogens with one attached hydrogen (secondary N) is 1. The molecular weight excluding hydrogens is 260 g/mol. The predicted octanol–water partition coefficient (Wildman–Crippen LogP) is 3.43. The summed E-state index contributed by atoms with van der Waals surface area (Å²) in [6.45, 7) is 8.98. The lowest BCUT2D eigenvalue weighted by atomic mass is 9.66. The minimum atomic E-state index is 0.246. The third-order valence-corrected chi connectivity index (χ3v) is 6.39. The molecule has 1 spiro atoms. The first-order valence-corrected chi connectivity index (χ1v) is 9.08. The molecule has 0 aromatic rings. The molecule has 2 unspecified atom stereocenters. The molecule has 1 N–H and O–H groups in total. The van der Waals surface area contributed by atoms with Crippen LogP contribution in [-0.4, -0.2) is 49.3 Å². The van der Waals surface area contributed by atoms with Crippen LogP contribution in [0.2, 0.25) is 0 Å². The highest BCUT2D eigenvalue weighted by Gasteiger charge is 2.48. The van der Waals surface area contributed by atoms with Gasteiger partial charge < -0.3 is 15.0 Å². The smallest absolute Gasteiger partial charge is 0.0685 e. The van der Waals surface area contributed by atoms with E-state index in [-0.39, 0.29) is 11.1 Å². The van der Waals surface area contributed by atoms with Gasteiger partial charge in [-0.2, -0.15) is 0 Å². The maximum absolute atomic E-state index is 6.16. The van der Waals surface area contributed by atoms with Crippen molar-refractivity contribution in [2.75, 3.05) is 27.2 Å². The number of nitrogens with zero attached hydrogens (tertiary/aromatic N) is 1. The van der Waals surface area contributed by atoms with Crippen molar-refractivity contribution < 1.29 is 4.74 Å². The second kappa shape index (κ2) is 6.97. The largest absolute Gasteiger partial charge is 0.375 e. The minimum Gasteiger partial charge on any atom is -0.375 e. The third-order valence-electron chi connectivity index (χ3n) is 6.39. The highest BCUT2D eigenvalue weighted by molar-refractivity contribution is 5.04. The summed E-state index contributed by atoms with van der Waals surface area (Å²) in [6, 6.07) is 0.578. The number of hydrogen-bond acceptors (Lipinski definition) is 3. The van der Waals surface area contributed by atoms with Crippen LogP contribution < -0.4 is 5.32 Å². The molecule has 2 rings (SSSR count). The number of ether oxygens (including phenoxy) is 1. The zero-order valence-electron chi connectivity index (χ0n) is 14.9. The van der Waals surface area contributed by atoms with Crippen molar-refractivity contribution >= 4 is 0 Å². The van der Waals surface area contributed by atoms with Crippen molar-refractivity contribution in [1.29, 1.82) is 0 Å². The normalized spacial score (nSPS) is 26.9. The van der Waals surface area contributed by atoms with E-state index in [4.69, 9.17) is 4.74 Å². The molecule has 1 aliphatic heterocycles. The van der Waals surface area contributed by atoms with Gasteiger partial charge in [0.1, 0.15) is 0 Å². The van der Waals surface area contributed by atoms with Gasteiger partial charge in [0.25, 0.3) is 0 Å². The lowest BCUT2D eigenvalue weighted by Gasteiger charge is -2.54. The molecule has 0 amide bonds. The predicted molar refractivity (Wildman–Crippen MR) is 89.7 cm³/mol. The molecule has 0 aromatic carbocycles. The molecule has 124 valence electrons. The molecule has 21 heavy (non-hydrogen) atoms. The van der Waals surface area contributed by atoms with E-state index in [1.807, 2.05) is 0 Å². The van der Waals surface area contributed by atoms with Crippen LogP contribution in [0.15, 0.2) is 0 Å². The number of hydrogen-bond donors (Lipinski definition) is 1. The topological polar surface area (TPSA) is 24.5 Å². The van der Waals surface area contributed by atoms with Gasteiger partial charge in [-0.1, -0.05) is 20.8 Å². The molecule has 0 aromatic heterocycles. The molecule has 0 radical (unpaired) electrons. The highest BCUT2D eigenvalue weighted by atomic mass is 16.5. The third kappa shape index (κ3) is 3.16. The van der Waals surface area contributed by atoms with Gasteiger partial charge in [0.15, 0.2) is 0 Å². The summed E-state index contributed by atoms with van der Waals surface area (Å²) in [5.41, 5.74) is 0.513. The zero-order valence-corrected chi connectivity index (χ0v) is 14.9. The fourth-order valence-corrected chi connectivity index (χ4v) is 4.89. The van der Waals surface area contributed by atoms with Crippen molar-refractivity contribution in [3.05, 3.63) is 0 Å². The van der Waals surface area contributed by atoms with Crippen molar-refractivity contribution in [2.24, 2.45) is 5.92 Å². The Kier molecular flexibility index (Phi) is 5.72. The fraction of sp³-hybridized carbons (Fsp3) is 1.00. The first kappa shape index (κ1) is 17.2. The summed E-state index contributed by atoms with van der Waals surface area (Å²) in [5.74, 6) is 0.751. The molecule has 2 aliphatic rings. The standard InChI is InChI=1S/C18H36N2O/c1-6-18(7-2,20(4)5)16(19-8-3)15-10-13-21-17(14-15)11-9-12-17/h15-16,19H,6-14H2,1-5H3. The van der Waals surface area contributed by atoms with Crippen LogP contribution >= 0.6 is 0 Å². The first-order chi connectivity index (χ1) is 10.0. The summed E-state index contributed by atoms with van der Waals surface area (Å²) in [7, 11) is 4.52. The van der Waals surface area contributed by atoms with Crippen molar-refractivity contribution in [1.82, 2.24) is 10.2 Å². The lowest BCUT2D eigenvalue weighted by molar-refractivity contribution is -0.153. The summed E-state index contributed by atoms with van der Waals surface area (Å²) in [5, 5.41) is 3.87. The van der Waals surface area contributed by atoms with E-state index >= 15 is 0 Å². The van der Waals surface area contributed by atoms with Crippen LogP contribution in [0, 0.1) is 5.92 Å². The minimum absolute atomic E-state index is 0.246. The highest BCUT2D eigenvalue weighted by Crippen LogP contribution is 2.47. The van der Waals surface area contributed by atoms with Gasteiger partial charge in [0.05, 0.1) is 5.60 Å². The quantitative estimate of drug-likeness (QED) is 0.779. The Labute approximate surface area is 131 Å². The van der Waals surface area contributed by atoms with Crippen LogP contribution in [-0.2, 0) is 4.74 Å². The molecular formula is C18H36N2O. The Balaban J connectivity index is 2.20. The second-order valence-electron chi connectivity index (χ2n) is 7.38. The lowest BCUT2D eigenvalue weighted by Crippen LogP contribution is -2.63. The molecule has 1 aliphatic carbocycles. The van der Waals surface area contributed by atoms with Gasteiger partial charge in [0.2, 0.25) is 0 Å². The maximum Gasteiger partial charge on any atom is 0.0685 e. The maximum atomic E-state index is 6.16. The summed E-state index contributed by atoms with van der Waals surface area (Å²) in [6.07, 6.45) is 8.83. The van der Waals surface area contributed by atoms with E-state index in [1.165, 1.54) is 44.9 Å². The van der Waals surface area contributed by atoms with Crippen molar-refractivity contribution in [2.45, 2.75) is 82.9 Å². The van der Waals surface area contributed by atoms with E-state index in [9.17, 15) is 0 Å². The van der Waals surface area contributed by atoms with Crippen LogP contribution in [0.1, 0.15) is 65.7 Å². The molecule has 2 fully saturated rings. The molecule has 1 saturated carbocycles. The average Bonchev–Trinajstić information content (AvgIpc) is 2.46. The monoisotopic (exact) mass is 296 g/mol. The van der Waals surface area contributed by atoms with Crippen molar-refractivity contribution in [3.8, 4) is 0 Å². The van der Waals surface area contributed by atoms with Crippen LogP contribution in [0.25, 0.3) is 0 Å². The fourth-order valence-electron chi connectivity index (χ4n) is 4.89. The summed E-state index contributed by atoms with van der Waals surface area (Å²) in [4.78, 5) is 2.48. The molecule has 3 nitrogen and oxygen atoms in total. The molecule has 1 heterocycles. The van der Waals surface area contributed by atoms with E-state index in [0.29, 0.717) is 6.04 Å². The zero-order chi connectivity index (χ0) is 15.5. The van der Waals surface area contributed by atoms with E-state index in [2.05, 4.69) is 45.1 Å². The number of rotatable bonds is 7. The van der Waals surface area contributed by atoms with E-state index < -0.39 is 0 Å². The van der Waals surface area contributed by atoms with Gasteiger partial charge in [-0.15, -0.1) is 0 Å². The Morgan fingerprint density at radius 2 is 1.90 bits per heavy atom.